The maximum Gasteiger partial charge on any atom is 0.292 e. The number of rotatable bonds is 7. The van der Waals surface area contributed by atoms with Crippen molar-refractivity contribution in [3.05, 3.63) is 105 Å². The first kappa shape index (κ1) is 23.7. The van der Waals surface area contributed by atoms with E-state index in [1.807, 2.05) is 0 Å². The van der Waals surface area contributed by atoms with E-state index in [1.54, 1.807) is 87.0 Å². The summed E-state index contributed by atoms with van der Waals surface area (Å²) >= 11 is 5.99. The third kappa shape index (κ3) is 5.56. The number of hydrogen-bond acceptors (Lipinski definition) is 6. The lowest BCUT2D eigenvalue weighted by Crippen LogP contribution is -2.28. The standard InChI is InChI=1S/C26H21ClN4O4/c1-34-21-10-6-18(7-11-21)23-15-24(32)31(20-8-12-22(35-2)13-9-20)30-25(23)26(33)29-28-16-17-4-3-5-19(27)14-17/h3-16H,1-2H3,(H,29,33)/b28-16+. The first-order valence-corrected chi connectivity index (χ1v) is 10.9. The predicted octanol–water partition coefficient (Wildman–Crippen LogP) is 4.33. The van der Waals surface area contributed by atoms with Crippen molar-refractivity contribution in [2.45, 2.75) is 0 Å². The summed E-state index contributed by atoms with van der Waals surface area (Å²) in [6.45, 7) is 0. The molecule has 4 aromatic rings. The van der Waals surface area contributed by atoms with Gasteiger partial charge in [-0.2, -0.15) is 14.9 Å². The molecule has 0 bridgehead atoms. The zero-order chi connectivity index (χ0) is 24.8. The molecule has 1 heterocycles. The first-order valence-electron chi connectivity index (χ1n) is 10.5. The van der Waals surface area contributed by atoms with Crippen molar-refractivity contribution in [3.63, 3.8) is 0 Å². The highest BCUT2D eigenvalue weighted by atomic mass is 35.5. The monoisotopic (exact) mass is 488 g/mol. The van der Waals surface area contributed by atoms with Crippen molar-refractivity contribution in [2.75, 3.05) is 14.2 Å². The van der Waals surface area contributed by atoms with Crippen molar-refractivity contribution in [3.8, 4) is 28.3 Å². The Kier molecular flexibility index (Phi) is 7.23. The van der Waals surface area contributed by atoms with Crippen molar-refractivity contribution >= 4 is 23.7 Å². The molecule has 0 atom stereocenters. The Hall–Kier alpha value is -4.43. The Balaban J connectivity index is 1.74. The minimum Gasteiger partial charge on any atom is -0.497 e. The van der Waals surface area contributed by atoms with Crippen LogP contribution in [0.15, 0.2) is 88.8 Å². The van der Waals surface area contributed by atoms with Gasteiger partial charge in [0, 0.05) is 16.7 Å². The van der Waals surface area contributed by atoms with E-state index in [0.29, 0.717) is 38.9 Å². The quantitative estimate of drug-likeness (QED) is 0.308. The normalized spacial score (nSPS) is 10.8. The highest BCUT2D eigenvalue weighted by Gasteiger charge is 2.18. The fourth-order valence-corrected chi connectivity index (χ4v) is 3.53. The van der Waals surface area contributed by atoms with Gasteiger partial charge < -0.3 is 9.47 Å². The molecule has 3 aromatic carbocycles. The van der Waals surface area contributed by atoms with Crippen LogP contribution in [0.3, 0.4) is 0 Å². The summed E-state index contributed by atoms with van der Waals surface area (Å²) < 4.78 is 11.5. The molecule has 0 aliphatic rings. The fraction of sp³-hybridized carbons (Fsp3) is 0.0769. The Bertz CT molecular complexity index is 1430. The minimum absolute atomic E-state index is 0.0221. The molecule has 0 radical (unpaired) electrons. The number of carbonyl (C=O) groups is 1. The van der Waals surface area contributed by atoms with E-state index in [0.717, 1.165) is 4.68 Å². The van der Waals surface area contributed by atoms with Crippen molar-refractivity contribution < 1.29 is 14.3 Å². The molecule has 1 N–H and O–H groups in total. The molecule has 0 fully saturated rings. The predicted molar refractivity (Wildman–Crippen MR) is 135 cm³/mol. The Morgan fingerprint density at radius 3 is 2.26 bits per heavy atom. The van der Waals surface area contributed by atoms with Gasteiger partial charge in [-0.25, -0.2) is 5.43 Å². The van der Waals surface area contributed by atoms with Crippen molar-refractivity contribution in [2.24, 2.45) is 5.10 Å². The molecule has 176 valence electrons. The van der Waals surface area contributed by atoms with Crippen LogP contribution in [-0.4, -0.2) is 36.1 Å². The van der Waals surface area contributed by atoms with Gasteiger partial charge in [0.05, 0.1) is 26.1 Å². The van der Waals surface area contributed by atoms with Crippen LogP contribution in [-0.2, 0) is 0 Å². The van der Waals surface area contributed by atoms with Gasteiger partial charge in [-0.1, -0.05) is 35.9 Å². The summed E-state index contributed by atoms with van der Waals surface area (Å²) in [6, 6.07) is 22.1. The van der Waals surface area contributed by atoms with Gasteiger partial charge in [-0.3, -0.25) is 9.59 Å². The third-order valence-corrected chi connectivity index (χ3v) is 5.33. The summed E-state index contributed by atoms with van der Waals surface area (Å²) in [5.41, 5.74) is 4.28. The number of amides is 1. The molecule has 35 heavy (non-hydrogen) atoms. The highest BCUT2D eigenvalue weighted by Crippen LogP contribution is 2.24. The Labute approximate surface area is 206 Å². The number of halogens is 1. The second-order valence-electron chi connectivity index (χ2n) is 7.34. The topological polar surface area (TPSA) is 94.8 Å². The second kappa shape index (κ2) is 10.7. The summed E-state index contributed by atoms with van der Waals surface area (Å²) in [5.74, 6) is 0.687. The van der Waals surface area contributed by atoms with Gasteiger partial charge in [0.1, 0.15) is 11.5 Å². The average Bonchev–Trinajstić information content (AvgIpc) is 2.88. The molecule has 8 nitrogen and oxygen atoms in total. The molecule has 0 aliphatic heterocycles. The average molecular weight is 489 g/mol. The minimum atomic E-state index is -0.587. The Morgan fingerprint density at radius 2 is 1.63 bits per heavy atom. The van der Waals surface area contributed by atoms with Crippen molar-refractivity contribution in [1.29, 1.82) is 0 Å². The van der Waals surface area contributed by atoms with E-state index in [2.05, 4.69) is 15.6 Å². The smallest absolute Gasteiger partial charge is 0.292 e. The van der Waals surface area contributed by atoms with Crippen LogP contribution < -0.4 is 20.5 Å². The number of methoxy groups -OCH3 is 2. The second-order valence-corrected chi connectivity index (χ2v) is 7.77. The van der Waals surface area contributed by atoms with Crippen LogP contribution in [0, 0.1) is 0 Å². The van der Waals surface area contributed by atoms with E-state index >= 15 is 0 Å². The number of nitrogens with zero attached hydrogens (tertiary/aromatic N) is 3. The molecular formula is C26H21ClN4O4. The number of carbonyl (C=O) groups excluding carboxylic acids is 1. The van der Waals surface area contributed by atoms with Crippen LogP contribution in [0.5, 0.6) is 11.5 Å². The maximum absolute atomic E-state index is 13.1. The first-order chi connectivity index (χ1) is 17.0. The van der Waals surface area contributed by atoms with Gasteiger partial charge in [0.25, 0.3) is 11.5 Å². The van der Waals surface area contributed by atoms with E-state index in [1.165, 1.54) is 12.3 Å². The summed E-state index contributed by atoms with van der Waals surface area (Å²) in [5, 5.41) is 8.95. The van der Waals surface area contributed by atoms with Gasteiger partial charge in [0.15, 0.2) is 5.69 Å². The molecule has 1 aromatic heterocycles. The SMILES string of the molecule is COc1ccc(-c2cc(=O)n(-c3ccc(OC)cc3)nc2C(=O)N/N=C/c2cccc(Cl)c2)cc1. The summed E-state index contributed by atoms with van der Waals surface area (Å²) in [7, 11) is 3.11. The lowest BCUT2D eigenvalue weighted by Gasteiger charge is -2.12. The summed E-state index contributed by atoms with van der Waals surface area (Å²) in [4.78, 5) is 26.1. The lowest BCUT2D eigenvalue weighted by atomic mass is 10.0. The summed E-state index contributed by atoms with van der Waals surface area (Å²) in [6.07, 6.45) is 1.47. The van der Waals surface area contributed by atoms with Crippen LogP contribution in [0.4, 0.5) is 0 Å². The fourth-order valence-electron chi connectivity index (χ4n) is 3.33. The zero-order valence-electron chi connectivity index (χ0n) is 18.9. The number of benzene rings is 3. The van der Waals surface area contributed by atoms with E-state index in [9.17, 15) is 9.59 Å². The number of hydrazone groups is 1. The molecule has 0 saturated heterocycles. The van der Waals surface area contributed by atoms with E-state index in [-0.39, 0.29) is 5.69 Å². The number of aromatic nitrogens is 2. The molecule has 9 heteroatoms. The van der Waals surface area contributed by atoms with Crippen LogP contribution in [0.25, 0.3) is 16.8 Å². The largest absolute Gasteiger partial charge is 0.497 e. The molecule has 1 amide bonds. The van der Waals surface area contributed by atoms with Crippen LogP contribution in [0.1, 0.15) is 16.1 Å². The van der Waals surface area contributed by atoms with Crippen LogP contribution in [0.2, 0.25) is 5.02 Å². The molecule has 4 rings (SSSR count). The van der Waals surface area contributed by atoms with Crippen LogP contribution >= 0.6 is 11.6 Å². The highest BCUT2D eigenvalue weighted by molar-refractivity contribution is 6.30. The third-order valence-electron chi connectivity index (χ3n) is 5.09. The maximum atomic E-state index is 13.1. The zero-order valence-corrected chi connectivity index (χ0v) is 19.7. The molecule has 0 unspecified atom stereocenters. The van der Waals surface area contributed by atoms with Gasteiger partial charge >= 0.3 is 0 Å². The number of ether oxygens (including phenoxy) is 2. The van der Waals surface area contributed by atoms with Gasteiger partial charge in [-0.05, 0) is 59.7 Å². The Morgan fingerprint density at radius 1 is 0.971 bits per heavy atom. The van der Waals surface area contributed by atoms with Gasteiger partial charge in [-0.15, -0.1) is 0 Å². The number of hydrogen-bond donors (Lipinski definition) is 1. The molecular weight excluding hydrogens is 468 g/mol. The molecule has 0 spiro atoms. The van der Waals surface area contributed by atoms with Crippen molar-refractivity contribution in [1.82, 2.24) is 15.2 Å². The molecule has 0 aliphatic carbocycles. The van der Waals surface area contributed by atoms with Gasteiger partial charge in [0.2, 0.25) is 0 Å². The van der Waals surface area contributed by atoms with E-state index < -0.39 is 11.5 Å². The lowest BCUT2D eigenvalue weighted by molar-refractivity contribution is 0.0949. The number of nitrogens with one attached hydrogen (secondary N) is 1. The molecule has 0 saturated carbocycles. The van der Waals surface area contributed by atoms with E-state index in [4.69, 9.17) is 21.1 Å².